The molecule has 0 radical (unpaired) electrons. The molecule has 0 fully saturated rings. The molecule has 3 nitrogen and oxygen atoms in total. The maximum absolute atomic E-state index is 3.80. The fraction of sp³-hybridized carbons (Fsp3) is 0.0333. The largest absolute Gasteiger partial charge is 0.361 e. The van der Waals surface area contributed by atoms with Crippen molar-refractivity contribution in [2.45, 2.75) is 12.8 Å². The molecule has 3 heteroatoms. The Kier molecular flexibility index (Phi) is 8.97. The molecule has 2 aliphatic heterocycles. The number of para-hydroxylation sites is 5. The number of aryl methyl sites for hydroxylation is 1. The molecule has 0 amide bonds. The molecule has 0 saturated heterocycles. The Morgan fingerprint density at radius 3 is 1.29 bits per heavy atom. The summed E-state index contributed by atoms with van der Waals surface area (Å²) in [5.41, 5.74) is 19.8. The van der Waals surface area contributed by atoms with E-state index < -0.39 is 0 Å². The van der Waals surface area contributed by atoms with Gasteiger partial charge in [0.1, 0.15) is 0 Å². The maximum Gasteiger partial charge on any atom is 0.0540 e. The monoisotopic (exact) mass is 805 g/mol. The van der Waals surface area contributed by atoms with Crippen molar-refractivity contribution >= 4 is 61.9 Å². The molecule has 0 spiro atoms. The average Bonchev–Trinajstić information content (AvgIpc) is 3.55. The number of anilines is 6. The lowest BCUT2D eigenvalue weighted by Crippen LogP contribution is -2.13. The van der Waals surface area contributed by atoms with Gasteiger partial charge in [-0.3, -0.25) is 0 Å². The van der Waals surface area contributed by atoms with Crippen molar-refractivity contribution in [2.24, 2.45) is 0 Å². The van der Waals surface area contributed by atoms with Gasteiger partial charge in [-0.05, 0) is 106 Å². The first-order valence-corrected chi connectivity index (χ1v) is 21.9. The Hall–Kier alpha value is -8.14. The summed E-state index contributed by atoms with van der Waals surface area (Å²) in [5, 5.41) is 3.64. The number of hydrogen-bond donors (Lipinski definition) is 1. The molecule has 63 heavy (non-hydrogen) atoms. The van der Waals surface area contributed by atoms with Crippen molar-refractivity contribution in [2.75, 3.05) is 9.80 Å². The molecule has 0 atom stereocenters. The number of H-pyrrole nitrogens is 1. The van der Waals surface area contributed by atoms with Crippen molar-refractivity contribution < 1.29 is 0 Å². The van der Waals surface area contributed by atoms with E-state index in [-0.39, 0.29) is 0 Å². The van der Waals surface area contributed by atoms with E-state index in [1.807, 2.05) is 0 Å². The van der Waals surface area contributed by atoms with Crippen LogP contribution in [0.2, 0.25) is 0 Å². The minimum Gasteiger partial charge on any atom is -0.361 e. The van der Waals surface area contributed by atoms with E-state index in [0.717, 1.165) is 52.5 Å². The Bertz CT molecular complexity index is 3310. The van der Waals surface area contributed by atoms with Crippen LogP contribution in [0.1, 0.15) is 17.5 Å². The standard InChI is InChI=1S/C60H43N3/c1-2-20-44-41(19-1)39-43(63-59-35-17-12-30-54(59)49-25-7-8-26-50(49)55-31-13-18-36-60(55)63)40-42(37-38-61-56-32-14-9-27-51(56)46-22-4-3-21-45(44)46)62-57-33-15-10-28-52(57)47-23-5-6-24-48(47)53-29-11-16-34-58(53)62/h1,3-19,21-40,61H,2,20H2. The van der Waals surface area contributed by atoms with Crippen LogP contribution in [0.3, 0.4) is 0 Å². The second-order valence-corrected chi connectivity index (χ2v) is 16.4. The topological polar surface area (TPSA) is 22.3 Å². The number of nitrogens with one attached hydrogen (secondary N) is 1. The fourth-order valence-corrected chi connectivity index (χ4v) is 10.1. The van der Waals surface area contributed by atoms with Crippen molar-refractivity contribution in [3.63, 3.8) is 0 Å². The number of nitrogens with zero attached hydrogens (tertiary/aromatic N) is 2. The van der Waals surface area contributed by atoms with Gasteiger partial charge in [0.25, 0.3) is 0 Å². The number of aromatic amines is 1. The summed E-state index contributed by atoms with van der Waals surface area (Å²) in [5.74, 6) is 0. The van der Waals surface area contributed by atoms with Gasteiger partial charge < -0.3 is 14.8 Å². The molecule has 298 valence electrons. The number of rotatable bonds is 2. The maximum atomic E-state index is 3.80. The van der Waals surface area contributed by atoms with E-state index >= 15 is 0 Å². The Morgan fingerprint density at radius 1 is 0.349 bits per heavy atom. The Balaban J connectivity index is 1.28. The molecule has 0 bridgehead atoms. The van der Waals surface area contributed by atoms with Gasteiger partial charge in [0, 0.05) is 50.7 Å². The highest BCUT2D eigenvalue weighted by Crippen LogP contribution is 2.53. The molecule has 9 aromatic rings. The first-order chi connectivity index (χ1) is 31.3. The van der Waals surface area contributed by atoms with Gasteiger partial charge >= 0.3 is 0 Å². The third-order valence-electron chi connectivity index (χ3n) is 12.9. The van der Waals surface area contributed by atoms with Gasteiger partial charge in [0.05, 0.1) is 22.7 Å². The van der Waals surface area contributed by atoms with Crippen LogP contribution in [-0.4, -0.2) is 4.98 Å². The van der Waals surface area contributed by atoms with Crippen LogP contribution in [0.5, 0.6) is 0 Å². The second-order valence-electron chi connectivity index (χ2n) is 16.4. The van der Waals surface area contributed by atoms with Gasteiger partial charge in [-0.1, -0.05) is 176 Å². The number of allylic oxidation sites excluding steroid dienone is 1. The second kappa shape index (κ2) is 15.4. The van der Waals surface area contributed by atoms with Gasteiger partial charge in [0.2, 0.25) is 0 Å². The zero-order valence-corrected chi connectivity index (χ0v) is 34.7. The normalized spacial score (nSPS) is 12.8. The zero-order chi connectivity index (χ0) is 41.7. The molecule has 3 aliphatic rings. The highest BCUT2D eigenvalue weighted by atomic mass is 15.2. The number of aromatic nitrogens is 1. The van der Waals surface area contributed by atoms with E-state index in [4.69, 9.17) is 0 Å². The lowest BCUT2D eigenvalue weighted by atomic mass is 9.93. The smallest absolute Gasteiger partial charge is 0.0540 e. The third kappa shape index (κ3) is 6.20. The highest BCUT2D eigenvalue weighted by Gasteiger charge is 2.29. The first kappa shape index (κ1) is 36.7. The molecular weight excluding hydrogens is 763 g/mol. The fourth-order valence-electron chi connectivity index (χ4n) is 10.1. The van der Waals surface area contributed by atoms with Gasteiger partial charge in [-0.15, -0.1) is 0 Å². The van der Waals surface area contributed by atoms with Gasteiger partial charge in [0.15, 0.2) is 0 Å². The van der Waals surface area contributed by atoms with Crippen LogP contribution in [0, 0.1) is 0 Å². The van der Waals surface area contributed by atoms with Crippen LogP contribution in [0.15, 0.2) is 225 Å². The summed E-state index contributed by atoms with van der Waals surface area (Å²) >= 11 is 0. The zero-order valence-electron chi connectivity index (χ0n) is 34.7. The van der Waals surface area contributed by atoms with Gasteiger partial charge in [-0.25, -0.2) is 0 Å². The third-order valence-corrected chi connectivity index (χ3v) is 12.9. The van der Waals surface area contributed by atoms with Crippen LogP contribution < -0.4 is 9.80 Å². The molecule has 1 aliphatic carbocycles. The van der Waals surface area contributed by atoms with E-state index in [2.05, 4.69) is 245 Å². The van der Waals surface area contributed by atoms with E-state index in [0.29, 0.717) is 0 Å². The van der Waals surface area contributed by atoms with E-state index in [9.17, 15) is 0 Å². The van der Waals surface area contributed by atoms with Crippen molar-refractivity contribution in [3.05, 3.63) is 236 Å². The molecule has 1 aromatic heterocycles. The van der Waals surface area contributed by atoms with Crippen molar-refractivity contribution in [3.8, 4) is 44.5 Å². The average molecular weight is 806 g/mol. The minimum atomic E-state index is 0.931. The summed E-state index contributed by atoms with van der Waals surface area (Å²) in [6.07, 6.45) is 8.72. The van der Waals surface area contributed by atoms with Crippen LogP contribution in [-0.2, 0) is 6.42 Å². The summed E-state index contributed by atoms with van der Waals surface area (Å²) < 4.78 is 0. The number of benzene rings is 8. The van der Waals surface area contributed by atoms with E-state index in [1.54, 1.807) is 0 Å². The predicted molar refractivity (Wildman–Crippen MR) is 267 cm³/mol. The molecule has 0 unspecified atom stereocenters. The first-order valence-electron chi connectivity index (χ1n) is 21.9. The summed E-state index contributed by atoms with van der Waals surface area (Å²) in [7, 11) is 0. The van der Waals surface area contributed by atoms with Crippen molar-refractivity contribution in [1.82, 2.24) is 4.98 Å². The molecule has 3 heterocycles. The molecule has 0 saturated carbocycles. The molecular formula is C60H43N3. The quantitative estimate of drug-likeness (QED) is 0.188. The number of hydrogen-bond acceptors (Lipinski definition) is 2. The lowest BCUT2D eigenvalue weighted by Gasteiger charge is -2.30. The van der Waals surface area contributed by atoms with Crippen LogP contribution >= 0.6 is 0 Å². The SMILES string of the molecule is C1=Cc2cc(N3c4ccccc4-c4ccccc4-c4ccccc43)cc(N3c4ccccc4-c4ccccc4-c4ccccc43)cc[nH]c3ccccc3c3ccccc3c2CC1. The van der Waals surface area contributed by atoms with Gasteiger partial charge in [-0.2, -0.15) is 0 Å². The van der Waals surface area contributed by atoms with Crippen molar-refractivity contribution in [1.29, 1.82) is 0 Å². The lowest BCUT2D eigenvalue weighted by molar-refractivity contribution is 0.998. The minimum absolute atomic E-state index is 0.931. The molecule has 12 rings (SSSR count). The summed E-state index contributed by atoms with van der Waals surface area (Å²) in [4.78, 5) is 8.77. The number of fused-ring (bicyclic) bond motifs is 15. The highest BCUT2D eigenvalue weighted by molar-refractivity contribution is 6.07. The molecule has 8 aromatic carbocycles. The molecule has 1 N–H and O–H groups in total. The predicted octanol–water partition coefficient (Wildman–Crippen LogP) is 16.8. The summed E-state index contributed by atoms with van der Waals surface area (Å²) in [6, 6.07) is 77.9. The van der Waals surface area contributed by atoms with E-state index in [1.165, 1.54) is 71.8 Å². The Morgan fingerprint density at radius 2 is 0.762 bits per heavy atom. The Labute approximate surface area is 368 Å². The van der Waals surface area contributed by atoms with Crippen LogP contribution in [0.25, 0.3) is 72.3 Å². The summed E-state index contributed by atoms with van der Waals surface area (Å²) in [6.45, 7) is 0. The van der Waals surface area contributed by atoms with Crippen LogP contribution in [0.4, 0.5) is 34.1 Å².